The van der Waals surface area contributed by atoms with Crippen molar-refractivity contribution in [2.24, 2.45) is 0 Å². The lowest BCUT2D eigenvalue weighted by Crippen LogP contribution is -2.29. The van der Waals surface area contributed by atoms with Crippen molar-refractivity contribution < 1.29 is 31.1 Å². The molecule has 1 aromatic heterocycles. The molecule has 1 amide bonds. The van der Waals surface area contributed by atoms with Crippen LogP contribution in [0.3, 0.4) is 0 Å². The SMILES string of the molecule is COc1ccc(-c2cc(NS(=O)(=O)c3ccc(NC(=O)C(F)(F)F)cc3)ncn2)cc1. The molecule has 0 spiro atoms. The number of aromatic nitrogens is 2. The fourth-order valence-corrected chi connectivity index (χ4v) is 3.45. The summed E-state index contributed by atoms with van der Waals surface area (Å²) in [6.07, 6.45) is -3.87. The molecule has 0 saturated carbocycles. The van der Waals surface area contributed by atoms with Crippen LogP contribution in [-0.4, -0.2) is 37.6 Å². The molecule has 0 radical (unpaired) electrons. The van der Waals surface area contributed by atoms with Crippen molar-refractivity contribution in [2.45, 2.75) is 11.1 Å². The zero-order valence-corrected chi connectivity index (χ0v) is 16.7. The van der Waals surface area contributed by atoms with Crippen molar-refractivity contribution in [3.8, 4) is 17.0 Å². The van der Waals surface area contributed by atoms with Crippen LogP contribution >= 0.6 is 0 Å². The monoisotopic (exact) mass is 452 g/mol. The summed E-state index contributed by atoms with van der Waals surface area (Å²) in [7, 11) is -2.56. The third-order valence-corrected chi connectivity index (χ3v) is 5.34. The lowest BCUT2D eigenvalue weighted by Gasteiger charge is -2.10. The van der Waals surface area contributed by atoms with Gasteiger partial charge in [0, 0.05) is 17.3 Å². The van der Waals surface area contributed by atoms with Gasteiger partial charge in [-0.2, -0.15) is 13.2 Å². The van der Waals surface area contributed by atoms with Crippen LogP contribution in [0.1, 0.15) is 0 Å². The molecule has 3 rings (SSSR count). The predicted octanol–water partition coefficient (Wildman–Crippen LogP) is 3.45. The number of nitrogens with zero attached hydrogens (tertiary/aromatic N) is 2. The zero-order chi connectivity index (χ0) is 22.6. The zero-order valence-electron chi connectivity index (χ0n) is 15.8. The van der Waals surface area contributed by atoms with Crippen LogP contribution in [0.4, 0.5) is 24.7 Å². The number of nitrogens with one attached hydrogen (secondary N) is 2. The molecule has 0 saturated heterocycles. The molecule has 0 aliphatic rings. The molecule has 0 bridgehead atoms. The van der Waals surface area contributed by atoms with Gasteiger partial charge in [-0.3, -0.25) is 9.52 Å². The molecule has 0 fully saturated rings. The van der Waals surface area contributed by atoms with Crippen LogP contribution in [-0.2, 0) is 14.8 Å². The minimum Gasteiger partial charge on any atom is -0.497 e. The Morgan fingerprint density at radius 1 is 1.00 bits per heavy atom. The molecule has 0 aliphatic heterocycles. The fourth-order valence-electron chi connectivity index (χ4n) is 2.45. The summed E-state index contributed by atoms with van der Waals surface area (Å²) in [5, 5.41) is 1.64. The maximum Gasteiger partial charge on any atom is 0.471 e. The first-order valence-corrected chi connectivity index (χ1v) is 10.0. The Balaban J connectivity index is 1.76. The molecule has 0 atom stereocenters. The van der Waals surface area contributed by atoms with Crippen molar-refractivity contribution >= 4 is 27.4 Å². The average Bonchev–Trinajstić information content (AvgIpc) is 2.73. The Hall–Kier alpha value is -3.67. The maximum atomic E-state index is 12.6. The average molecular weight is 452 g/mol. The Morgan fingerprint density at radius 2 is 1.65 bits per heavy atom. The van der Waals surface area contributed by atoms with Crippen molar-refractivity contribution in [3.63, 3.8) is 0 Å². The summed E-state index contributed by atoms with van der Waals surface area (Å²) in [5.74, 6) is -1.52. The molecule has 12 heteroatoms. The Morgan fingerprint density at radius 3 is 2.23 bits per heavy atom. The van der Waals surface area contributed by atoms with Gasteiger partial charge in [-0.05, 0) is 48.5 Å². The summed E-state index contributed by atoms with van der Waals surface area (Å²) in [6, 6.07) is 12.6. The van der Waals surface area contributed by atoms with E-state index in [1.165, 1.54) is 19.5 Å². The number of sulfonamides is 1. The van der Waals surface area contributed by atoms with Gasteiger partial charge in [-0.25, -0.2) is 18.4 Å². The minimum absolute atomic E-state index is 0.00438. The van der Waals surface area contributed by atoms with Crippen molar-refractivity contribution in [2.75, 3.05) is 17.1 Å². The van der Waals surface area contributed by atoms with E-state index in [1.54, 1.807) is 29.6 Å². The number of methoxy groups -OCH3 is 1. The number of alkyl halides is 3. The lowest BCUT2D eigenvalue weighted by atomic mass is 10.1. The van der Waals surface area contributed by atoms with E-state index >= 15 is 0 Å². The van der Waals surface area contributed by atoms with Gasteiger partial charge in [0.15, 0.2) is 0 Å². The fraction of sp³-hybridized carbons (Fsp3) is 0.105. The molecule has 162 valence electrons. The molecule has 2 N–H and O–H groups in total. The van der Waals surface area contributed by atoms with Gasteiger partial charge >= 0.3 is 12.1 Å². The number of hydrogen-bond acceptors (Lipinski definition) is 6. The number of halogens is 3. The van der Waals surface area contributed by atoms with E-state index in [-0.39, 0.29) is 16.4 Å². The molecule has 2 aromatic carbocycles. The number of amides is 1. The highest BCUT2D eigenvalue weighted by Crippen LogP contribution is 2.24. The molecule has 8 nitrogen and oxygen atoms in total. The van der Waals surface area contributed by atoms with Gasteiger partial charge in [0.05, 0.1) is 17.7 Å². The Kier molecular flexibility index (Phi) is 6.11. The van der Waals surface area contributed by atoms with Gasteiger partial charge < -0.3 is 10.1 Å². The number of benzene rings is 2. The van der Waals surface area contributed by atoms with Gasteiger partial charge in [0.2, 0.25) is 0 Å². The highest BCUT2D eigenvalue weighted by atomic mass is 32.2. The maximum absolute atomic E-state index is 12.6. The summed E-state index contributed by atoms with van der Waals surface area (Å²) in [4.78, 5) is 18.7. The molecule has 31 heavy (non-hydrogen) atoms. The van der Waals surface area contributed by atoms with E-state index in [1.807, 2.05) is 0 Å². The molecule has 1 heterocycles. The highest BCUT2D eigenvalue weighted by molar-refractivity contribution is 7.92. The van der Waals surface area contributed by atoms with Crippen LogP contribution in [0.25, 0.3) is 11.3 Å². The number of anilines is 2. The van der Waals surface area contributed by atoms with Crippen LogP contribution in [0.15, 0.2) is 65.8 Å². The normalized spacial score (nSPS) is 11.6. The molecule has 0 aliphatic carbocycles. The van der Waals surface area contributed by atoms with Crippen LogP contribution in [0, 0.1) is 0 Å². The summed E-state index contributed by atoms with van der Waals surface area (Å²) >= 11 is 0. The van der Waals surface area contributed by atoms with E-state index in [2.05, 4.69) is 14.7 Å². The first-order valence-electron chi connectivity index (χ1n) is 8.56. The number of carbonyl (C=O) groups is 1. The van der Waals surface area contributed by atoms with Crippen LogP contribution in [0.2, 0.25) is 0 Å². The van der Waals surface area contributed by atoms with Crippen LogP contribution in [0.5, 0.6) is 5.75 Å². The van der Waals surface area contributed by atoms with Crippen molar-refractivity contribution in [3.05, 3.63) is 60.9 Å². The molecule has 3 aromatic rings. The quantitative estimate of drug-likeness (QED) is 0.593. The number of rotatable bonds is 6. The van der Waals surface area contributed by atoms with E-state index in [4.69, 9.17) is 4.74 Å². The second-order valence-corrected chi connectivity index (χ2v) is 7.78. The van der Waals surface area contributed by atoms with Gasteiger partial charge in [-0.15, -0.1) is 0 Å². The van der Waals surface area contributed by atoms with Gasteiger partial charge in [0.1, 0.15) is 17.9 Å². The van der Waals surface area contributed by atoms with Crippen molar-refractivity contribution in [1.29, 1.82) is 0 Å². The first-order chi connectivity index (χ1) is 14.6. The molecular formula is C19H15F3N4O4S. The Bertz CT molecular complexity index is 1180. The summed E-state index contributed by atoms with van der Waals surface area (Å²) < 4.78 is 69.4. The van der Waals surface area contributed by atoms with Crippen LogP contribution < -0.4 is 14.8 Å². The van der Waals surface area contributed by atoms with E-state index in [0.717, 1.165) is 24.3 Å². The second-order valence-electron chi connectivity index (χ2n) is 6.10. The molecular weight excluding hydrogens is 437 g/mol. The smallest absolute Gasteiger partial charge is 0.471 e. The second kappa shape index (κ2) is 8.60. The first kappa shape index (κ1) is 22.0. The number of carbonyl (C=O) groups excluding carboxylic acids is 1. The van der Waals surface area contributed by atoms with E-state index in [9.17, 15) is 26.4 Å². The van der Waals surface area contributed by atoms with E-state index < -0.39 is 22.1 Å². The number of hydrogen-bond donors (Lipinski definition) is 2. The largest absolute Gasteiger partial charge is 0.497 e. The minimum atomic E-state index is -5.05. The van der Waals surface area contributed by atoms with Gasteiger partial charge in [0.25, 0.3) is 10.0 Å². The lowest BCUT2D eigenvalue weighted by molar-refractivity contribution is -0.167. The summed E-state index contributed by atoms with van der Waals surface area (Å²) in [6.45, 7) is 0. The highest BCUT2D eigenvalue weighted by Gasteiger charge is 2.38. The topological polar surface area (TPSA) is 110 Å². The number of ether oxygens (including phenoxy) is 1. The third kappa shape index (κ3) is 5.48. The third-order valence-electron chi connectivity index (χ3n) is 3.97. The standard InChI is InChI=1S/C19H15F3N4O4S/c1-30-14-6-2-12(3-7-14)16-10-17(24-11-23-16)26-31(28,29)15-8-4-13(5-9-15)25-18(27)19(20,21)22/h2-11H,1H3,(H,25,27)(H,23,24,26). The van der Waals surface area contributed by atoms with Crippen molar-refractivity contribution in [1.82, 2.24) is 9.97 Å². The Labute approximate surface area is 175 Å². The molecule has 0 unspecified atom stereocenters. The summed E-state index contributed by atoms with van der Waals surface area (Å²) in [5.41, 5.74) is 0.957. The van der Waals surface area contributed by atoms with Gasteiger partial charge in [-0.1, -0.05) is 0 Å². The predicted molar refractivity (Wildman–Crippen MR) is 106 cm³/mol. The van der Waals surface area contributed by atoms with E-state index in [0.29, 0.717) is 17.0 Å².